The topological polar surface area (TPSA) is 57.0 Å². The molecule has 1 saturated heterocycles. The van der Waals surface area contributed by atoms with Crippen molar-refractivity contribution in [3.8, 4) is 5.75 Å². The van der Waals surface area contributed by atoms with E-state index in [1.165, 1.54) is 10.5 Å². The summed E-state index contributed by atoms with van der Waals surface area (Å²) in [5.41, 5.74) is 3.86. The third kappa shape index (κ3) is 4.47. The first-order valence-corrected chi connectivity index (χ1v) is 10.4. The summed E-state index contributed by atoms with van der Waals surface area (Å²) in [7, 11) is 0. The molecule has 1 atom stereocenters. The van der Waals surface area contributed by atoms with Crippen LogP contribution in [0.5, 0.6) is 5.75 Å². The summed E-state index contributed by atoms with van der Waals surface area (Å²) in [5, 5.41) is 13.3. The number of carbonyl (C=O) groups excluding carboxylic acids is 1. The van der Waals surface area contributed by atoms with Crippen LogP contribution in [-0.2, 0) is 4.79 Å². The van der Waals surface area contributed by atoms with Crippen molar-refractivity contribution in [1.29, 1.82) is 0 Å². The van der Waals surface area contributed by atoms with Gasteiger partial charge in [0.05, 0.1) is 31.9 Å². The van der Waals surface area contributed by atoms with E-state index in [1.54, 1.807) is 6.07 Å². The predicted molar refractivity (Wildman–Crippen MR) is 120 cm³/mol. The summed E-state index contributed by atoms with van der Waals surface area (Å²) in [6.07, 6.45) is 0. The SMILES string of the molecule is Cc1ccc(NC(=O)[C@H](c2ccccc2)[NH+]2CCN(c3ccccc3O)CC2)cc1. The summed E-state index contributed by atoms with van der Waals surface area (Å²) in [5.74, 6) is 0.314. The summed E-state index contributed by atoms with van der Waals surface area (Å²) < 4.78 is 0. The zero-order valence-corrected chi connectivity index (χ0v) is 17.2. The number of phenolic OH excluding ortho intramolecular Hbond substituents is 1. The van der Waals surface area contributed by atoms with E-state index in [4.69, 9.17) is 0 Å². The third-order valence-corrected chi connectivity index (χ3v) is 5.75. The van der Waals surface area contributed by atoms with Gasteiger partial charge in [-0.1, -0.05) is 60.2 Å². The molecule has 1 aliphatic rings. The van der Waals surface area contributed by atoms with Crippen molar-refractivity contribution in [2.45, 2.75) is 13.0 Å². The predicted octanol–water partition coefficient (Wildman–Crippen LogP) is 2.79. The minimum Gasteiger partial charge on any atom is -0.506 e. The van der Waals surface area contributed by atoms with E-state index in [0.29, 0.717) is 5.75 Å². The number of para-hydroxylation sites is 2. The number of nitrogens with zero attached hydrogens (tertiary/aromatic N) is 1. The van der Waals surface area contributed by atoms with Crippen LogP contribution >= 0.6 is 0 Å². The van der Waals surface area contributed by atoms with Crippen LogP contribution in [0.15, 0.2) is 78.9 Å². The second-order valence-corrected chi connectivity index (χ2v) is 7.83. The number of aryl methyl sites for hydroxylation is 1. The molecule has 5 heteroatoms. The van der Waals surface area contributed by atoms with Crippen LogP contribution in [0.3, 0.4) is 0 Å². The van der Waals surface area contributed by atoms with Crippen LogP contribution in [0, 0.1) is 6.92 Å². The molecule has 0 spiro atoms. The first kappa shape index (κ1) is 20.0. The Morgan fingerprint density at radius 2 is 1.57 bits per heavy atom. The number of hydrogen-bond donors (Lipinski definition) is 3. The number of phenols is 1. The number of hydrogen-bond acceptors (Lipinski definition) is 3. The maximum Gasteiger partial charge on any atom is 0.287 e. The van der Waals surface area contributed by atoms with Gasteiger partial charge in [0.15, 0.2) is 6.04 Å². The summed E-state index contributed by atoms with van der Waals surface area (Å²) >= 11 is 0. The van der Waals surface area contributed by atoms with Gasteiger partial charge in [0.25, 0.3) is 5.91 Å². The van der Waals surface area contributed by atoms with E-state index < -0.39 is 0 Å². The highest BCUT2D eigenvalue weighted by Gasteiger charge is 2.34. The van der Waals surface area contributed by atoms with Crippen LogP contribution < -0.4 is 15.1 Å². The largest absolute Gasteiger partial charge is 0.506 e. The Morgan fingerprint density at radius 1 is 0.933 bits per heavy atom. The van der Waals surface area contributed by atoms with Crippen LogP contribution in [-0.4, -0.2) is 37.2 Å². The molecule has 4 rings (SSSR count). The Kier molecular flexibility index (Phi) is 6.00. The summed E-state index contributed by atoms with van der Waals surface area (Å²) in [6, 6.07) is 25.1. The molecule has 5 nitrogen and oxygen atoms in total. The molecule has 154 valence electrons. The molecule has 0 saturated carbocycles. The lowest BCUT2D eigenvalue weighted by Gasteiger charge is -2.37. The lowest BCUT2D eigenvalue weighted by Crippen LogP contribution is -3.16. The Labute approximate surface area is 177 Å². The summed E-state index contributed by atoms with van der Waals surface area (Å²) in [6.45, 7) is 5.24. The molecular formula is C25H28N3O2+. The van der Waals surface area contributed by atoms with Gasteiger partial charge in [0, 0.05) is 11.3 Å². The first-order valence-electron chi connectivity index (χ1n) is 10.4. The molecule has 3 aromatic carbocycles. The fraction of sp³-hybridized carbons (Fsp3) is 0.240. The number of aromatic hydroxyl groups is 1. The molecule has 0 unspecified atom stereocenters. The van der Waals surface area contributed by atoms with Gasteiger partial charge in [-0.3, -0.25) is 4.79 Å². The average Bonchev–Trinajstić information content (AvgIpc) is 2.77. The lowest BCUT2D eigenvalue weighted by atomic mass is 10.0. The average molecular weight is 403 g/mol. The molecule has 0 radical (unpaired) electrons. The minimum absolute atomic E-state index is 0.0102. The van der Waals surface area contributed by atoms with E-state index in [1.807, 2.05) is 79.7 Å². The van der Waals surface area contributed by atoms with Crippen molar-refractivity contribution in [2.75, 3.05) is 36.4 Å². The maximum atomic E-state index is 13.3. The lowest BCUT2D eigenvalue weighted by molar-refractivity contribution is -0.922. The highest BCUT2D eigenvalue weighted by atomic mass is 16.3. The van der Waals surface area contributed by atoms with Gasteiger partial charge in [0.1, 0.15) is 5.75 Å². The smallest absolute Gasteiger partial charge is 0.287 e. The van der Waals surface area contributed by atoms with E-state index in [9.17, 15) is 9.90 Å². The van der Waals surface area contributed by atoms with Crippen molar-refractivity contribution in [1.82, 2.24) is 0 Å². The number of quaternary nitrogens is 1. The fourth-order valence-electron chi connectivity index (χ4n) is 4.12. The van der Waals surface area contributed by atoms with Gasteiger partial charge >= 0.3 is 0 Å². The van der Waals surface area contributed by atoms with E-state index in [0.717, 1.165) is 43.1 Å². The molecule has 1 heterocycles. The van der Waals surface area contributed by atoms with E-state index >= 15 is 0 Å². The Morgan fingerprint density at radius 3 is 2.23 bits per heavy atom. The van der Waals surface area contributed by atoms with Gasteiger partial charge in [-0.05, 0) is 31.2 Å². The third-order valence-electron chi connectivity index (χ3n) is 5.75. The normalized spacial score (nSPS) is 15.6. The standard InChI is InChI=1S/C25H27N3O2/c1-19-11-13-21(14-12-19)26-25(30)24(20-7-3-2-4-8-20)28-17-15-27(16-18-28)22-9-5-6-10-23(22)29/h2-14,24,29H,15-18H2,1H3,(H,26,30)/p+1/t24-/m0/s1. The van der Waals surface area contributed by atoms with Crippen LogP contribution in [0.4, 0.5) is 11.4 Å². The van der Waals surface area contributed by atoms with Crippen molar-refractivity contribution >= 4 is 17.3 Å². The van der Waals surface area contributed by atoms with Crippen molar-refractivity contribution in [2.24, 2.45) is 0 Å². The zero-order chi connectivity index (χ0) is 20.9. The van der Waals surface area contributed by atoms with Crippen LogP contribution in [0.1, 0.15) is 17.2 Å². The Bertz CT molecular complexity index is 981. The van der Waals surface area contributed by atoms with Crippen LogP contribution in [0.2, 0.25) is 0 Å². The quantitative estimate of drug-likeness (QED) is 0.615. The molecule has 0 aliphatic carbocycles. The monoisotopic (exact) mass is 402 g/mol. The fourth-order valence-corrected chi connectivity index (χ4v) is 4.12. The Hall–Kier alpha value is -3.31. The number of piperazine rings is 1. The van der Waals surface area contributed by atoms with Crippen molar-refractivity contribution in [3.63, 3.8) is 0 Å². The molecule has 3 N–H and O–H groups in total. The number of anilines is 2. The number of carbonyl (C=O) groups is 1. The van der Waals surface area contributed by atoms with Crippen LogP contribution in [0.25, 0.3) is 0 Å². The van der Waals surface area contributed by atoms with Crippen molar-refractivity contribution < 1.29 is 14.8 Å². The van der Waals surface area contributed by atoms with Gasteiger partial charge in [-0.2, -0.15) is 0 Å². The van der Waals surface area contributed by atoms with Gasteiger partial charge in [-0.15, -0.1) is 0 Å². The minimum atomic E-state index is -0.279. The molecule has 0 bridgehead atoms. The Balaban J connectivity index is 1.51. The molecular weight excluding hydrogens is 374 g/mol. The molecule has 30 heavy (non-hydrogen) atoms. The highest BCUT2D eigenvalue weighted by molar-refractivity contribution is 5.94. The number of amides is 1. The number of benzene rings is 3. The second kappa shape index (κ2) is 9.01. The molecule has 1 fully saturated rings. The first-order chi connectivity index (χ1) is 14.6. The molecule has 0 aromatic heterocycles. The summed E-state index contributed by atoms with van der Waals surface area (Å²) in [4.78, 5) is 16.7. The number of rotatable bonds is 5. The van der Waals surface area contributed by atoms with Gasteiger partial charge in [-0.25, -0.2) is 0 Å². The van der Waals surface area contributed by atoms with E-state index in [2.05, 4.69) is 10.2 Å². The molecule has 1 amide bonds. The molecule has 1 aliphatic heterocycles. The van der Waals surface area contributed by atoms with Gasteiger partial charge in [0.2, 0.25) is 0 Å². The van der Waals surface area contributed by atoms with E-state index in [-0.39, 0.29) is 11.9 Å². The highest BCUT2D eigenvalue weighted by Crippen LogP contribution is 2.26. The maximum absolute atomic E-state index is 13.3. The number of nitrogens with one attached hydrogen (secondary N) is 2. The van der Waals surface area contributed by atoms with Gasteiger partial charge < -0.3 is 20.2 Å². The zero-order valence-electron chi connectivity index (χ0n) is 17.2. The van der Waals surface area contributed by atoms with Crippen molar-refractivity contribution in [3.05, 3.63) is 90.0 Å². The second-order valence-electron chi connectivity index (χ2n) is 7.83. The molecule has 3 aromatic rings.